The lowest BCUT2D eigenvalue weighted by atomic mass is 10.1. The molecule has 1 heterocycles. The van der Waals surface area contributed by atoms with Crippen LogP contribution in [-0.4, -0.2) is 55.2 Å². The van der Waals surface area contributed by atoms with Crippen molar-refractivity contribution in [3.8, 4) is 11.5 Å². The Morgan fingerprint density at radius 3 is 3.10 bits per heavy atom. The number of benzene rings is 1. The maximum atomic E-state index is 11.9. The van der Waals surface area contributed by atoms with E-state index in [9.17, 15) is 9.90 Å². The average Bonchev–Trinajstić information content (AvgIpc) is 2.51. The predicted octanol–water partition coefficient (Wildman–Crippen LogP) is 0.311. The molecular formula is C15H23N3O3. The number of likely N-dealkylation sites (N-methyl/N-ethyl adjacent to an activating group) is 1. The molecule has 1 aromatic carbocycles. The van der Waals surface area contributed by atoms with Gasteiger partial charge in [-0.1, -0.05) is 12.1 Å². The topological polar surface area (TPSA) is 73.8 Å². The SMILES string of the molecule is CCOc1cccc(CN2CCNCC2C(=O)NC)c1O. The van der Waals surface area contributed by atoms with E-state index in [1.165, 1.54) is 0 Å². The van der Waals surface area contributed by atoms with E-state index in [-0.39, 0.29) is 17.7 Å². The molecule has 0 bridgehead atoms. The fraction of sp³-hybridized carbons (Fsp3) is 0.533. The van der Waals surface area contributed by atoms with Crippen molar-refractivity contribution in [1.82, 2.24) is 15.5 Å². The van der Waals surface area contributed by atoms with Crippen molar-refractivity contribution in [3.05, 3.63) is 23.8 Å². The van der Waals surface area contributed by atoms with E-state index < -0.39 is 0 Å². The van der Waals surface area contributed by atoms with E-state index in [0.717, 1.165) is 18.7 Å². The Labute approximate surface area is 125 Å². The number of carbonyl (C=O) groups is 1. The van der Waals surface area contributed by atoms with Crippen LogP contribution in [0.25, 0.3) is 0 Å². The molecule has 1 atom stereocenters. The molecule has 2 rings (SSSR count). The first-order valence-corrected chi connectivity index (χ1v) is 7.27. The molecule has 6 nitrogen and oxygen atoms in total. The number of para-hydroxylation sites is 1. The quantitative estimate of drug-likeness (QED) is 0.729. The summed E-state index contributed by atoms with van der Waals surface area (Å²) < 4.78 is 5.40. The minimum Gasteiger partial charge on any atom is -0.504 e. The zero-order chi connectivity index (χ0) is 15.2. The molecule has 1 aromatic rings. The lowest BCUT2D eigenvalue weighted by molar-refractivity contribution is -0.126. The number of amides is 1. The minimum absolute atomic E-state index is 0.0114. The zero-order valence-corrected chi connectivity index (χ0v) is 12.6. The molecule has 0 saturated carbocycles. The van der Waals surface area contributed by atoms with E-state index in [0.29, 0.717) is 25.4 Å². The highest BCUT2D eigenvalue weighted by Gasteiger charge is 2.28. The maximum absolute atomic E-state index is 11.9. The van der Waals surface area contributed by atoms with Crippen LogP contribution < -0.4 is 15.4 Å². The number of rotatable bonds is 5. The molecule has 6 heteroatoms. The van der Waals surface area contributed by atoms with E-state index >= 15 is 0 Å². The van der Waals surface area contributed by atoms with E-state index in [4.69, 9.17) is 4.74 Å². The Morgan fingerprint density at radius 1 is 1.57 bits per heavy atom. The van der Waals surface area contributed by atoms with Crippen molar-refractivity contribution < 1.29 is 14.6 Å². The number of phenols is 1. The number of hydrogen-bond donors (Lipinski definition) is 3. The first kappa shape index (κ1) is 15.6. The number of piperazine rings is 1. The molecule has 3 N–H and O–H groups in total. The van der Waals surface area contributed by atoms with Gasteiger partial charge in [0.2, 0.25) is 5.91 Å². The van der Waals surface area contributed by atoms with Crippen molar-refractivity contribution in [2.45, 2.75) is 19.5 Å². The van der Waals surface area contributed by atoms with Gasteiger partial charge in [0.05, 0.1) is 6.61 Å². The third kappa shape index (κ3) is 3.65. The number of carbonyl (C=O) groups excluding carboxylic acids is 1. The summed E-state index contributed by atoms with van der Waals surface area (Å²) in [4.78, 5) is 14.0. The molecule has 1 aliphatic rings. The Kier molecular flexibility index (Phi) is 5.41. The second-order valence-corrected chi connectivity index (χ2v) is 5.00. The molecule has 1 unspecified atom stereocenters. The fourth-order valence-corrected chi connectivity index (χ4v) is 2.55. The summed E-state index contributed by atoms with van der Waals surface area (Å²) in [6.45, 7) is 5.11. The second kappa shape index (κ2) is 7.28. The summed E-state index contributed by atoms with van der Waals surface area (Å²) in [7, 11) is 1.64. The van der Waals surface area contributed by atoms with Gasteiger partial charge in [0.25, 0.3) is 0 Å². The third-order valence-electron chi connectivity index (χ3n) is 3.66. The maximum Gasteiger partial charge on any atom is 0.238 e. The van der Waals surface area contributed by atoms with Crippen molar-refractivity contribution in [2.75, 3.05) is 33.3 Å². The summed E-state index contributed by atoms with van der Waals surface area (Å²) in [5.74, 6) is 0.637. The molecular weight excluding hydrogens is 270 g/mol. The van der Waals surface area contributed by atoms with Crippen LogP contribution in [0.4, 0.5) is 0 Å². The fourth-order valence-electron chi connectivity index (χ4n) is 2.55. The molecule has 116 valence electrons. The van der Waals surface area contributed by atoms with Crippen LogP contribution >= 0.6 is 0 Å². The van der Waals surface area contributed by atoms with Crippen LogP contribution in [0.5, 0.6) is 11.5 Å². The lowest BCUT2D eigenvalue weighted by Gasteiger charge is -2.35. The molecule has 0 radical (unpaired) electrons. The number of nitrogens with one attached hydrogen (secondary N) is 2. The summed E-state index contributed by atoms with van der Waals surface area (Å²) in [5, 5.41) is 16.2. The van der Waals surface area contributed by atoms with Gasteiger partial charge in [-0.25, -0.2) is 0 Å². The van der Waals surface area contributed by atoms with Gasteiger partial charge in [-0.3, -0.25) is 9.69 Å². The third-order valence-corrected chi connectivity index (χ3v) is 3.66. The van der Waals surface area contributed by atoms with Crippen LogP contribution in [-0.2, 0) is 11.3 Å². The molecule has 21 heavy (non-hydrogen) atoms. The first-order chi connectivity index (χ1) is 10.2. The largest absolute Gasteiger partial charge is 0.504 e. The monoisotopic (exact) mass is 293 g/mol. The van der Waals surface area contributed by atoms with Crippen LogP contribution in [0, 0.1) is 0 Å². The van der Waals surface area contributed by atoms with Crippen molar-refractivity contribution in [2.24, 2.45) is 0 Å². The van der Waals surface area contributed by atoms with Crippen LogP contribution in [0.2, 0.25) is 0 Å². The first-order valence-electron chi connectivity index (χ1n) is 7.27. The van der Waals surface area contributed by atoms with Crippen LogP contribution in [0.3, 0.4) is 0 Å². The van der Waals surface area contributed by atoms with Gasteiger partial charge < -0.3 is 20.5 Å². The van der Waals surface area contributed by atoms with Gasteiger partial charge in [0.1, 0.15) is 6.04 Å². The highest BCUT2D eigenvalue weighted by Crippen LogP contribution is 2.31. The summed E-state index contributed by atoms with van der Waals surface area (Å²) >= 11 is 0. The molecule has 1 saturated heterocycles. The number of aromatic hydroxyl groups is 1. The van der Waals surface area contributed by atoms with Gasteiger partial charge in [-0.05, 0) is 13.0 Å². The normalized spacial score (nSPS) is 19.2. The van der Waals surface area contributed by atoms with Crippen molar-refractivity contribution >= 4 is 5.91 Å². The standard InChI is InChI=1S/C15H23N3O3/c1-3-21-13-6-4-5-11(14(13)19)10-18-8-7-17-9-12(18)15(20)16-2/h4-6,12,17,19H,3,7-10H2,1-2H3,(H,16,20). The highest BCUT2D eigenvalue weighted by molar-refractivity contribution is 5.81. The average molecular weight is 293 g/mol. The van der Waals surface area contributed by atoms with E-state index in [1.807, 2.05) is 19.1 Å². The van der Waals surface area contributed by atoms with Gasteiger partial charge in [0, 0.05) is 38.8 Å². The molecule has 1 aliphatic heterocycles. The molecule has 1 amide bonds. The minimum atomic E-state index is -0.223. The van der Waals surface area contributed by atoms with Crippen molar-refractivity contribution in [3.63, 3.8) is 0 Å². The number of hydrogen-bond acceptors (Lipinski definition) is 5. The Balaban J connectivity index is 2.15. The summed E-state index contributed by atoms with van der Waals surface area (Å²) in [6, 6.07) is 5.24. The Bertz CT molecular complexity index is 493. The Morgan fingerprint density at radius 2 is 2.38 bits per heavy atom. The second-order valence-electron chi connectivity index (χ2n) is 5.00. The molecule has 0 spiro atoms. The van der Waals surface area contributed by atoms with Crippen molar-refractivity contribution in [1.29, 1.82) is 0 Å². The van der Waals surface area contributed by atoms with Gasteiger partial charge in [0.15, 0.2) is 11.5 Å². The smallest absolute Gasteiger partial charge is 0.238 e. The molecule has 0 aromatic heterocycles. The molecule has 0 aliphatic carbocycles. The van der Waals surface area contributed by atoms with E-state index in [2.05, 4.69) is 15.5 Å². The predicted molar refractivity (Wildman–Crippen MR) is 80.4 cm³/mol. The van der Waals surface area contributed by atoms with Gasteiger partial charge in [-0.2, -0.15) is 0 Å². The Hall–Kier alpha value is -1.79. The number of nitrogens with zero attached hydrogens (tertiary/aromatic N) is 1. The van der Waals surface area contributed by atoms with Gasteiger partial charge in [-0.15, -0.1) is 0 Å². The molecule has 1 fully saturated rings. The van der Waals surface area contributed by atoms with Crippen LogP contribution in [0.1, 0.15) is 12.5 Å². The highest BCUT2D eigenvalue weighted by atomic mass is 16.5. The zero-order valence-electron chi connectivity index (χ0n) is 12.6. The summed E-state index contributed by atoms with van der Waals surface area (Å²) in [6.07, 6.45) is 0. The lowest BCUT2D eigenvalue weighted by Crippen LogP contribution is -2.56. The summed E-state index contributed by atoms with van der Waals surface area (Å²) in [5.41, 5.74) is 0.775. The van der Waals surface area contributed by atoms with E-state index in [1.54, 1.807) is 13.1 Å². The van der Waals surface area contributed by atoms with Crippen LogP contribution in [0.15, 0.2) is 18.2 Å². The van der Waals surface area contributed by atoms with Gasteiger partial charge >= 0.3 is 0 Å². The number of ether oxygens (including phenoxy) is 1. The number of phenolic OH excluding ortho intramolecular Hbond substituents is 1.